The molecule has 0 aliphatic rings. The van der Waals surface area contributed by atoms with E-state index in [0.717, 1.165) is 51.0 Å². The third-order valence-electron chi connectivity index (χ3n) is 9.21. The van der Waals surface area contributed by atoms with Crippen molar-refractivity contribution in [3.8, 4) is 44.8 Å². The molecule has 4 aromatic heterocycles. The fourth-order valence-electron chi connectivity index (χ4n) is 6.50. The average molecular weight is 862 g/mol. The second-order valence-electron chi connectivity index (χ2n) is 12.8. The van der Waals surface area contributed by atoms with Crippen molar-refractivity contribution in [2.45, 2.75) is 20.3 Å². The minimum absolute atomic E-state index is 0. The first-order valence-corrected chi connectivity index (χ1v) is 17.4. The zero-order chi connectivity index (χ0) is 35.3. The maximum absolute atomic E-state index is 6.13. The number of furan rings is 1. The van der Waals surface area contributed by atoms with E-state index in [0.29, 0.717) is 5.71 Å². The molecule has 0 unspecified atom stereocenters. The van der Waals surface area contributed by atoms with Crippen LogP contribution in [0.4, 0.5) is 0 Å². The Bertz CT molecular complexity index is 2520. The van der Waals surface area contributed by atoms with E-state index in [1.807, 2.05) is 66.9 Å². The minimum atomic E-state index is 0. The van der Waals surface area contributed by atoms with Gasteiger partial charge in [-0.05, 0) is 64.3 Å². The molecule has 5 aromatic carbocycles. The van der Waals surface area contributed by atoms with Crippen molar-refractivity contribution in [3.63, 3.8) is 0 Å². The van der Waals surface area contributed by atoms with Gasteiger partial charge in [-0.15, -0.1) is 47.5 Å². The molecule has 4 nitrogen and oxygen atoms in total. The Morgan fingerprint density at radius 3 is 1.98 bits per heavy atom. The first kappa shape index (κ1) is 35.4. The molecule has 9 rings (SSSR count). The van der Waals surface area contributed by atoms with Crippen LogP contribution in [-0.2, 0) is 26.5 Å². The third-order valence-corrected chi connectivity index (χ3v) is 9.21. The van der Waals surface area contributed by atoms with Gasteiger partial charge in [-0.2, -0.15) is 0 Å². The maximum atomic E-state index is 6.13. The van der Waals surface area contributed by atoms with Crippen molar-refractivity contribution in [2.24, 2.45) is 0 Å². The zero-order valence-corrected chi connectivity index (χ0v) is 31.8. The van der Waals surface area contributed by atoms with Gasteiger partial charge in [-0.25, -0.2) is 4.98 Å². The van der Waals surface area contributed by atoms with Crippen molar-refractivity contribution >= 4 is 22.1 Å². The average Bonchev–Trinajstić information content (AvgIpc) is 3.58. The van der Waals surface area contributed by atoms with Gasteiger partial charge in [-0.1, -0.05) is 133 Å². The first-order chi connectivity index (χ1) is 25.6. The van der Waals surface area contributed by atoms with Crippen LogP contribution in [0.3, 0.4) is 0 Å². The third kappa shape index (κ3) is 7.78. The molecule has 0 atom stereocenters. The second kappa shape index (κ2) is 16.1. The van der Waals surface area contributed by atoms with Gasteiger partial charge in [0.05, 0.1) is 5.58 Å². The first-order valence-electron chi connectivity index (χ1n) is 17.4. The Kier molecular flexibility index (Phi) is 10.8. The van der Waals surface area contributed by atoms with Crippen LogP contribution in [0.25, 0.3) is 66.8 Å². The number of aromatic nitrogens is 3. The van der Waals surface area contributed by atoms with Gasteiger partial charge in [-0.3, -0.25) is 0 Å². The molecule has 0 saturated heterocycles. The molecule has 53 heavy (non-hydrogen) atoms. The number of pyridine rings is 3. The Labute approximate surface area is 323 Å². The topological polar surface area (TPSA) is 51.8 Å². The summed E-state index contributed by atoms with van der Waals surface area (Å²) in [4.78, 5) is 13.8. The van der Waals surface area contributed by atoms with Crippen molar-refractivity contribution in [1.82, 2.24) is 15.0 Å². The van der Waals surface area contributed by atoms with Crippen LogP contribution >= 0.6 is 0 Å². The van der Waals surface area contributed by atoms with Crippen molar-refractivity contribution in [1.29, 1.82) is 0 Å². The molecule has 0 N–H and O–H groups in total. The number of nitrogens with zero attached hydrogens (tertiary/aromatic N) is 3. The summed E-state index contributed by atoms with van der Waals surface area (Å²) in [6.07, 6.45) is 4.52. The van der Waals surface area contributed by atoms with Gasteiger partial charge in [0, 0.05) is 50.0 Å². The normalized spacial score (nSPS) is 10.8. The van der Waals surface area contributed by atoms with E-state index in [4.69, 9.17) is 9.40 Å². The molecule has 0 bridgehead atoms. The molecule has 0 aliphatic carbocycles. The molecule has 0 spiro atoms. The summed E-state index contributed by atoms with van der Waals surface area (Å²) in [6, 6.07) is 58.3. The molecule has 1 radical (unpaired) electrons. The van der Waals surface area contributed by atoms with Crippen molar-refractivity contribution < 1.29 is 24.5 Å². The monoisotopic (exact) mass is 862 g/mol. The van der Waals surface area contributed by atoms with Gasteiger partial charge in [0.15, 0.2) is 0 Å². The summed E-state index contributed by atoms with van der Waals surface area (Å²) in [5, 5.41) is 2.06. The molecule has 0 fully saturated rings. The van der Waals surface area contributed by atoms with E-state index in [1.54, 1.807) is 6.20 Å². The molecule has 9 aromatic rings. The van der Waals surface area contributed by atoms with E-state index in [1.165, 1.54) is 38.9 Å². The van der Waals surface area contributed by atoms with E-state index in [-0.39, 0.29) is 20.1 Å². The number of hydrogen-bond donors (Lipinski definition) is 0. The molecule has 0 amide bonds. The Balaban J connectivity index is 0.000000161. The SMILES string of the molecule is Cc1c[c-]c(-c2cc(-c3ccccc3)c(C)cn2)cc1-c1ccccc1.[Ir].[c-]1ccc2c(oc3nc(Cc4ccccc4)ccc32)c1-c1ccccn1. The molecule has 0 aliphatic heterocycles. The van der Waals surface area contributed by atoms with Crippen LogP contribution in [0.1, 0.15) is 22.4 Å². The van der Waals surface area contributed by atoms with Crippen LogP contribution < -0.4 is 0 Å². The zero-order valence-electron chi connectivity index (χ0n) is 29.4. The molecule has 259 valence electrons. The standard InChI is InChI=1S/C25H20N.C23H15N2O.Ir/c1-18-13-14-22(15-23(18)20-9-5-3-6-10-20)25-16-24(19(2)17-26-25)21-11-7-4-8-12-21;1-2-7-16(8-3-1)15-17-12-13-19-18-9-6-10-20(21-11-4-5-14-24-21)22(18)26-23(19)25-17;/h3-13,15-17H,1-2H3;1-9,11-14H,15H2;/q2*-1;. The number of rotatable bonds is 6. The van der Waals surface area contributed by atoms with Crippen LogP contribution in [0.2, 0.25) is 0 Å². The molecule has 0 saturated carbocycles. The van der Waals surface area contributed by atoms with Gasteiger partial charge in [0.25, 0.3) is 0 Å². The van der Waals surface area contributed by atoms with Crippen LogP contribution in [-0.4, -0.2) is 15.0 Å². The molecule has 5 heteroatoms. The second-order valence-corrected chi connectivity index (χ2v) is 12.8. The van der Waals surface area contributed by atoms with Crippen molar-refractivity contribution in [3.05, 3.63) is 199 Å². The summed E-state index contributed by atoms with van der Waals surface area (Å²) in [5.41, 5.74) is 14.6. The number of fused-ring (bicyclic) bond motifs is 3. The smallest absolute Gasteiger partial charge is 0.216 e. The maximum Gasteiger partial charge on any atom is 0.216 e. The molecule has 4 heterocycles. The van der Waals surface area contributed by atoms with E-state index in [2.05, 4.69) is 127 Å². The fraction of sp³-hybridized carbons (Fsp3) is 0.0625. The van der Waals surface area contributed by atoms with E-state index in [9.17, 15) is 0 Å². The Morgan fingerprint density at radius 2 is 1.28 bits per heavy atom. The summed E-state index contributed by atoms with van der Waals surface area (Å²) < 4.78 is 6.13. The fourth-order valence-corrected chi connectivity index (χ4v) is 6.50. The minimum Gasteiger partial charge on any atom is -0.486 e. The van der Waals surface area contributed by atoms with Gasteiger partial charge < -0.3 is 14.4 Å². The quantitative estimate of drug-likeness (QED) is 0.156. The summed E-state index contributed by atoms with van der Waals surface area (Å²) in [7, 11) is 0. The van der Waals surface area contributed by atoms with Crippen LogP contribution in [0, 0.1) is 26.0 Å². The Morgan fingerprint density at radius 1 is 0.604 bits per heavy atom. The summed E-state index contributed by atoms with van der Waals surface area (Å²) in [5.74, 6) is 0. The molecular weight excluding hydrogens is 827 g/mol. The largest absolute Gasteiger partial charge is 0.486 e. The van der Waals surface area contributed by atoms with Gasteiger partial charge in [0.2, 0.25) is 5.71 Å². The van der Waals surface area contributed by atoms with Crippen LogP contribution in [0.15, 0.2) is 168 Å². The number of benzene rings is 5. The van der Waals surface area contributed by atoms with Crippen LogP contribution in [0.5, 0.6) is 0 Å². The van der Waals surface area contributed by atoms with E-state index >= 15 is 0 Å². The predicted octanol–water partition coefficient (Wildman–Crippen LogP) is 11.9. The number of aryl methyl sites for hydroxylation is 2. The molecular formula is C48H35IrN3O-2. The van der Waals surface area contributed by atoms with Gasteiger partial charge in [0.1, 0.15) is 0 Å². The van der Waals surface area contributed by atoms with Crippen molar-refractivity contribution in [2.75, 3.05) is 0 Å². The van der Waals surface area contributed by atoms with E-state index < -0.39 is 0 Å². The van der Waals surface area contributed by atoms with Gasteiger partial charge >= 0.3 is 0 Å². The number of hydrogen-bond acceptors (Lipinski definition) is 4. The summed E-state index contributed by atoms with van der Waals surface area (Å²) in [6.45, 7) is 4.23. The predicted molar refractivity (Wildman–Crippen MR) is 212 cm³/mol. The Hall–Kier alpha value is -6.00. The summed E-state index contributed by atoms with van der Waals surface area (Å²) >= 11 is 0.